The Hall–Kier alpha value is -2.35. The first-order chi connectivity index (χ1) is 14.0. The Labute approximate surface area is 174 Å². The highest BCUT2D eigenvalue weighted by Gasteiger charge is 2.30. The van der Waals surface area contributed by atoms with Crippen molar-refractivity contribution in [1.82, 2.24) is 4.90 Å². The number of anilines is 1. The lowest BCUT2D eigenvalue weighted by Gasteiger charge is -2.33. The number of fused-ring (bicyclic) bond motifs is 1. The minimum absolute atomic E-state index is 0.0195. The molecule has 0 spiro atoms. The fourth-order valence-electron chi connectivity index (χ4n) is 3.97. The van der Waals surface area contributed by atoms with Gasteiger partial charge in [0, 0.05) is 36.6 Å². The van der Waals surface area contributed by atoms with E-state index in [-0.39, 0.29) is 37.1 Å². The van der Waals surface area contributed by atoms with Gasteiger partial charge in [0.25, 0.3) is 5.91 Å². The van der Waals surface area contributed by atoms with E-state index in [1.807, 2.05) is 41.3 Å². The molecule has 2 aliphatic heterocycles. The van der Waals surface area contributed by atoms with Crippen LogP contribution in [0.5, 0.6) is 0 Å². The molecule has 152 valence electrons. The second-order valence-corrected chi connectivity index (χ2v) is 8.48. The molecule has 7 heteroatoms. The number of aliphatic hydroxyl groups is 2. The highest BCUT2D eigenvalue weighted by Crippen LogP contribution is 2.30. The molecular weight excluding hydrogens is 388 g/mol. The minimum Gasteiger partial charge on any atom is -0.391 e. The number of aliphatic hydroxyl groups excluding tert-OH is 2. The Bertz CT molecular complexity index is 909. The van der Waals surface area contributed by atoms with Crippen LogP contribution in [0.3, 0.4) is 0 Å². The fourth-order valence-corrected chi connectivity index (χ4v) is 4.89. The van der Waals surface area contributed by atoms with Crippen LogP contribution in [0, 0.1) is 0 Å². The second-order valence-electron chi connectivity index (χ2n) is 7.46. The second kappa shape index (κ2) is 8.57. The number of amides is 2. The summed E-state index contributed by atoms with van der Waals surface area (Å²) >= 11 is 1.35. The molecule has 6 nitrogen and oxygen atoms in total. The third-order valence-corrected chi connectivity index (χ3v) is 6.41. The van der Waals surface area contributed by atoms with Gasteiger partial charge in [0.1, 0.15) is 0 Å². The van der Waals surface area contributed by atoms with E-state index < -0.39 is 12.2 Å². The molecular formula is C22H24N2O4S. The summed E-state index contributed by atoms with van der Waals surface area (Å²) in [6, 6.07) is 15.1. The molecule has 0 radical (unpaired) electrons. The third kappa shape index (κ3) is 4.32. The molecule has 2 aliphatic rings. The van der Waals surface area contributed by atoms with Crippen molar-refractivity contribution in [3.63, 3.8) is 0 Å². The first-order valence-electron chi connectivity index (χ1n) is 9.78. The van der Waals surface area contributed by atoms with Crippen LogP contribution in [-0.2, 0) is 11.2 Å². The van der Waals surface area contributed by atoms with Crippen LogP contribution in [0.4, 0.5) is 5.69 Å². The molecule has 0 aliphatic carbocycles. The van der Waals surface area contributed by atoms with Crippen molar-refractivity contribution in [1.29, 1.82) is 0 Å². The van der Waals surface area contributed by atoms with Crippen LogP contribution in [0.25, 0.3) is 0 Å². The summed E-state index contributed by atoms with van der Waals surface area (Å²) in [7, 11) is 0. The van der Waals surface area contributed by atoms with Crippen molar-refractivity contribution in [3.05, 3.63) is 59.7 Å². The van der Waals surface area contributed by atoms with Crippen molar-refractivity contribution in [2.24, 2.45) is 0 Å². The van der Waals surface area contributed by atoms with Crippen molar-refractivity contribution < 1.29 is 19.8 Å². The molecule has 2 amide bonds. The largest absolute Gasteiger partial charge is 0.391 e. The van der Waals surface area contributed by atoms with Gasteiger partial charge in [-0.25, -0.2) is 0 Å². The molecule has 2 heterocycles. The van der Waals surface area contributed by atoms with Crippen LogP contribution in [0.1, 0.15) is 22.3 Å². The van der Waals surface area contributed by atoms with Crippen LogP contribution >= 0.6 is 11.8 Å². The minimum atomic E-state index is -0.723. The summed E-state index contributed by atoms with van der Waals surface area (Å²) in [6.45, 7) is 1.10. The highest BCUT2D eigenvalue weighted by molar-refractivity contribution is 8.00. The molecule has 2 N–H and O–H groups in total. The lowest BCUT2D eigenvalue weighted by Crippen LogP contribution is -2.48. The smallest absolute Gasteiger partial charge is 0.255 e. The zero-order valence-corrected chi connectivity index (χ0v) is 16.8. The molecule has 0 saturated carbocycles. The number of β-amino-alcohol motifs (C(OH)–C–C–N with tert-alkyl or cyclic N) is 2. The van der Waals surface area contributed by atoms with E-state index in [1.165, 1.54) is 22.2 Å². The Morgan fingerprint density at radius 1 is 1.00 bits per heavy atom. The molecule has 29 heavy (non-hydrogen) atoms. The maximum absolute atomic E-state index is 13.0. The molecule has 0 unspecified atom stereocenters. The average molecular weight is 413 g/mol. The zero-order chi connectivity index (χ0) is 20.4. The molecule has 1 saturated heterocycles. The molecule has 4 rings (SSSR count). The molecule has 1 fully saturated rings. The summed E-state index contributed by atoms with van der Waals surface area (Å²) in [4.78, 5) is 29.8. The van der Waals surface area contributed by atoms with Crippen LogP contribution < -0.4 is 4.90 Å². The Morgan fingerprint density at radius 3 is 2.48 bits per heavy atom. The first-order valence-corrected chi connectivity index (χ1v) is 10.8. The summed E-state index contributed by atoms with van der Waals surface area (Å²) in [6.07, 6.45) is -0.300. The fraction of sp³-hybridized carbons (Fsp3) is 0.364. The number of para-hydroxylation sites is 1. The number of hydrogen-bond donors (Lipinski definition) is 2. The maximum atomic E-state index is 13.0. The number of carbonyl (C=O) groups is 2. The van der Waals surface area contributed by atoms with E-state index in [4.69, 9.17) is 0 Å². The van der Waals surface area contributed by atoms with Gasteiger partial charge in [0.05, 0.1) is 23.5 Å². The average Bonchev–Trinajstić information content (AvgIpc) is 3.15. The SMILES string of the molecule is O=C(c1ccccc1SCC(=O)N1CCc2ccccc21)N1C[C@H](O)C[C@H](O)C1. The summed E-state index contributed by atoms with van der Waals surface area (Å²) < 4.78 is 0. The van der Waals surface area contributed by atoms with E-state index in [2.05, 4.69) is 0 Å². The Balaban J connectivity index is 1.45. The number of carbonyl (C=O) groups excluding carboxylic acids is 2. The number of nitrogens with zero attached hydrogens (tertiary/aromatic N) is 2. The Kier molecular flexibility index (Phi) is 5.89. The molecule has 0 aromatic heterocycles. The van der Waals surface area contributed by atoms with Gasteiger partial charge >= 0.3 is 0 Å². The molecule has 2 aromatic carbocycles. The normalized spacial score (nSPS) is 21.2. The van der Waals surface area contributed by atoms with Crippen molar-refractivity contribution in [2.45, 2.75) is 29.9 Å². The van der Waals surface area contributed by atoms with Gasteiger partial charge < -0.3 is 20.0 Å². The van der Waals surface area contributed by atoms with Crippen molar-refractivity contribution in [2.75, 3.05) is 30.3 Å². The standard InChI is InChI=1S/C22H24N2O4S/c25-16-11-17(26)13-23(12-16)22(28)18-6-2-4-8-20(18)29-14-21(27)24-10-9-15-5-1-3-7-19(15)24/h1-8,16-17,25-26H,9-14H2/t16-,17+. The van der Waals surface area contributed by atoms with Gasteiger partial charge in [0.15, 0.2) is 0 Å². The lowest BCUT2D eigenvalue weighted by atomic mass is 10.0. The number of rotatable bonds is 4. The van der Waals surface area contributed by atoms with E-state index >= 15 is 0 Å². The number of thioether (sulfide) groups is 1. The van der Waals surface area contributed by atoms with Crippen LogP contribution in [-0.4, -0.2) is 64.5 Å². The predicted octanol–water partition coefficient (Wildman–Crippen LogP) is 1.94. The van der Waals surface area contributed by atoms with Gasteiger partial charge in [-0.05, 0) is 30.2 Å². The molecule has 2 atom stereocenters. The maximum Gasteiger partial charge on any atom is 0.255 e. The summed E-state index contributed by atoms with van der Waals surface area (Å²) in [5, 5.41) is 19.8. The van der Waals surface area contributed by atoms with E-state index in [9.17, 15) is 19.8 Å². The number of hydrogen-bond acceptors (Lipinski definition) is 5. The van der Waals surface area contributed by atoms with Gasteiger partial charge in [-0.2, -0.15) is 0 Å². The summed E-state index contributed by atoms with van der Waals surface area (Å²) in [5.74, 6) is 0.0278. The topological polar surface area (TPSA) is 81.1 Å². The number of likely N-dealkylation sites (tertiary alicyclic amines) is 1. The zero-order valence-electron chi connectivity index (χ0n) is 16.0. The highest BCUT2D eigenvalue weighted by atomic mass is 32.2. The van der Waals surface area contributed by atoms with Crippen molar-refractivity contribution >= 4 is 29.3 Å². The van der Waals surface area contributed by atoms with Crippen LogP contribution in [0.15, 0.2) is 53.4 Å². The first kappa shape index (κ1) is 19.9. The van der Waals surface area contributed by atoms with E-state index in [0.29, 0.717) is 12.1 Å². The van der Waals surface area contributed by atoms with Crippen molar-refractivity contribution in [3.8, 4) is 0 Å². The van der Waals surface area contributed by atoms with Crippen LogP contribution in [0.2, 0.25) is 0 Å². The predicted molar refractivity (Wildman–Crippen MR) is 112 cm³/mol. The third-order valence-electron chi connectivity index (χ3n) is 5.35. The quantitative estimate of drug-likeness (QED) is 0.750. The molecule has 0 bridgehead atoms. The van der Waals surface area contributed by atoms with Gasteiger partial charge in [-0.1, -0.05) is 30.3 Å². The van der Waals surface area contributed by atoms with Gasteiger partial charge in [0.2, 0.25) is 5.91 Å². The van der Waals surface area contributed by atoms with E-state index in [0.717, 1.165) is 17.0 Å². The number of benzene rings is 2. The monoisotopic (exact) mass is 412 g/mol. The van der Waals surface area contributed by atoms with E-state index in [1.54, 1.807) is 12.1 Å². The molecule has 2 aromatic rings. The summed E-state index contributed by atoms with van der Waals surface area (Å²) in [5.41, 5.74) is 2.65. The van der Waals surface area contributed by atoms with Gasteiger partial charge in [-0.3, -0.25) is 9.59 Å². The lowest BCUT2D eigenvalue weighted by molar-refractivity contribution is -0.116. The van der Waals surface area contributed by atoms with Gasteiger partial charge in [-0.15, -0.1) is 11.8 Å². The number of piperidine rings is 1. The Morgan fingerprint density at radius 2 is 1.69 bits per heavy atom.